The number of aryl methyl sites for hydroxylation is 1. The van der Waals surface area contributed by atoms with Gasteiger partial charge in [0.05, 0.1) is 11.6 Å². The number of hydrogen-bond acceptors (Lipinski definition) is 7. The number of likely N-dealkylation sites (tertiary alicyclic amines) is 1. The van der Waals surface area contributed by atoms with Crippen molar-refractivity contribution < 1.29 is 4.79 Å². The summed E-state index contributed by atoms with van der Waals surface area (Å²) < 4.78 is 3.50. The summed E-state index contributed by atoms with van der Waals surface area (Å²) in [5, 5.41) is 4.03. The molecule has 0 radical (unpaired) electrons. The molecular formula is C32H31N7O2. The summed E-state index contributed by atoms with van der Waals surface area (Å²) in [7, 11) is 4.02. The van der Waals surface area contributed by atoms with Crippen molar-refractivity contribution in [2.75, 3.05) is 25.5 Å². The van der Waals surface area contributed by atoms with Gasteiger partial charge in [-0.05, 0) is 61.7 Å². The zero-order chi connectivity index (χ0) is 28.1. The smallest absolute Gasteiger partial charge is 0.263 e. The minimum Gasteiger partial charge on any atom is -0.334 e. The molecule has 3 aromatic heterocycles. The van der Waals surface area contributed by atoms with Gasteiger partial charge in [0.2, 0.25) is 5.95 Å². The highest BCUT2D eigenvalue weighted by Gasteiger charge is 2.29. The van der Waals surface area contributed by atoms with E-state index in [1.807, 2.05) is 42.1 Å². The lowest BCUT2D eigenvalue weighted by molar-refractivity contribution is 0.0951. The molecule has 5 aromatic rings. The fourth-order valence-corrected chi connectivity index (χ4v) is 6.28. The second kappa shape index (κ2) is 10.1. The maximum atomic E-state index is 14.1. The molecule has 0 amide bonds. The van der Waals surface area contributed by atoms with E-state index < -0.39 is 0 Å². The van der Waals surface area contributed by atoms with E-state index in [0.29, 0.717) is 40.7 Å². The Morgan fingerprint density at radius 1 is 0.951 bits per heavy atom. The summed E-state index contributed by atoms with van der Waals surface area (Å²) in [5.41, 5.74) is 4.60. The van der Waals surface area contributed by atoms with Gasteiger partial charge in [0, 0.05) is 55.2 Å². The monoisotopic (exact) mass is 545 g/mol. The molecule has 1 aliphatic heterocycles. The minimum atomic E-state index is -0.376. The number of aromatic nitrogens is 5. The summed E-state index contributed by atoms with van der Waals surface area (Å²) in [4.78, 5) is 43.5. The molecule has 9 nitrogen and oxygen atoms in total. The molecule has 1 saturated heterocycles. The van der Waals surface area contributed by atoms with Crippen molar-refractivity contribution in [3.8, 4) is 11.4 Å². The maximum absolute atomic E-state index is 14.1. The van der Waals surface area contributed by atoms with Crippen molar-refractivity contribution in [2.24, 2.45) is 7.05 Å². The molecule has 2 unspecified atom stereocenters. The van der Waals surface area contributed by atoms with Crippen molar-refractivity contribution in [3.63, 3.8) is 0 Å². The summed E-state index contributed by atoms with van der Waals surface area (Å²) >= 11 is 0. The van der Waals surface area contributed by atoms with E-state index in [-0.39, 0.29) is 23.8 Å². The Bertz CT molecular complexity index is 1840. The Hall–Kier alpha value is -4.63. The van der Waals surface area contributed by atoms with E-state index >= 15 is 0 Å². The van der Waals surface area contributed by atoms with E-state index in [4.69, 9.17) is 4.98 Å². The number of likely N-dealkylation sites (N-methyl/N-ethyl adjacent to an activating group) is 1. The van der Waals surface area contributed by atoms with Crippen LogP contribution in [0.3, 0.4) is 0 Å². The minimum absolute atomic E-state index is 0.0280. The van der Waals surface area contributed by atoms with Gasteiger partial charge >= 0.3 is 0 Å². The number of nitrogens with one attached hydrogen (secondary N) is 1. The van der Waals surface area contributed by atoms with Crippen LogP contribution in [0.2, 0.25) is 0 Å². The molecule has 0 saturated carbocycles. The standard InChI is InChI=1S/C32H31N7O2/c1-37-13-11-22(19-37)20-7-9-24(10-8-20)35-32-34-18-23-16-27(30-33-12-14-38(30)2)31(41)39(29(23)36-32)25-15-21-5-3-4-6-26(21)28(40)17-25/h3-10,12,14,16,18,22,25H,11,13,15,17,19H2,1-2H3,(H,34,35,36). The number of Topliss-reactive ketones (excluding diaryl/α,β-unsaturated/α-hetero) is 1. The number of anilines is 2. The van der Waals surface area contributed by atoms with Gasteiger partial charge in [-0.1, -0.05) is 36.4 Å². The number of fused-ring (bicyclic) bond motifs is 2. The maximum Gasteiger partial charge on any atom is 0.263 e. The van der Waals surface area contributed by atoms with Crippen LogP contribution in [0.1, 0.15) is 46.3 Å². The van der Waals surface area contributed by atoms with Gasteiger partial charge in [-0.25, -0.2) is 9.97 Å². The van der Waals surface area contributed by atoms with Crippen molar-refractivity contribution in [2.45, 2.75) is 31.2 Å². The summed E-state index contributed by atoms with van der Waals surface area (Å²) in [6.07, 6.45) is 7.16. The quantitative estimate of drug-likeness (QED) is 0.341. The van der Waals surface area contributed by atoms with Crippen LogP contribution in [-0.4, -0.2) is 54.9 Å². The molecule has 206 valence electrons. The van der Waals surface area contributed by atoms with Gasteiger partial charge in [-0.15, -0.1) is 0 Å². The Morgan fingerprint density at radius 2 is 1.78 bits per heavy atom. The summed E-state index contributed by atoms with van der Waals surface area (Å²) in [5.74, 6) is 1.53. The van der Waals surface area contributed by atoms with Gasteiger partial charge in [0.15, 0.2) is 5.78 Å². The average molecular weight is 546 g/mol. The predicted octanol–water partition coefficient (Wildman–Crippen LogP) is 4.72. The Balaban J connectivity index is 1.29. The van der Waals surface area contributed by atoms with Crippen LogP contribution < -0.4 is 10.9 Å². The molecule has 41 heavy (non-hydrogen) atoms. The highest BCUT2D eigenvalue weighted by Crippen LogP contribution is 2.32. The van der Waals surface area contributed by atoms with Crippen LogP contribution in [0.25, 0.3) is 22.4 Å². The molecule has 9 heteroatoms. The fourth-order valence-electron chi connectivity index (χ4n) is 6.28. The van der Waals surface area contributed by atoms with Crippen LogP contribution in [0, 0.1) is 0 Å². The molecule has 2 aliphatic rings. The van der Waals surface area contributed by atoms with Gasteiger partial charge in [-0.2, -0.15) is 4.98 Å². The number of hydrogen-bond donors (Lipinski definition) is 1. The first-order valence-corrected chi connectivity index (χ1v) is 14.0. The van der Waals surface area contributed by atoms with Crippen molar-refractivity contribution >= 4 is 28.5 Å². The van der Waals surface area contributed by atoms with Gasteiger partial charge in [0.1, 0.15) is 11.5 Å². The third kappa shape index (κ3) is 4.62. The number of imidazole rings is 1. The Kier molecular flexibility index (Phi) is 6.23. The highest BCUT2D eigenvalue weighted by molar-refractivity contribution is 5.99. The summed E-state index contributed by atoms with van der Waals surface area (Å²) in [6, 6.07) is 17.5. The van der Waals surface area contributed by atoms with E-state index in [1.54, 1.807) is 23.0 Å². The van der Waals surface area contributed by atoms with Crippen LogP contribution in [0.15, 0.2) is 78.0 Å². The highest BCUT2D eigenvalue weighted by atomic mass is 16.1. The molecule has 0 bridgehead atoms. The van der Waals surface area contributed by atoms with Gasteiger partial charge in [-0.3, -0.25) is 14.2 Å². The van der Waals surface area contributed by atoms with Crippen molar-refractivity contribution in [1.29, 1.82) is 0 Å². The molecule has 7 rings (SSSR count). The Labute approximate surface area is 237 Å². The van der Waals surface area contributed by atoms with Crippen molar-refractivity contribution in [3.05, 3.63) is 100 Å². The predicted molar refractivity (Wildman–Crippen MR) is 159 cm³/mol. The van der Waals surface area contributed by atoms with Crippen LogP contribution in [0.5, 0.6) is 0 Å². The molecule has 1 fully saturated rings. The largest absolute Gasteiger partial charge is 0.334 e. The Morgan fingerprint density at radius 3 is 2.54 bits per heavy atom. The lowest BCUT2D eigenvalue weighted by atomic mass is 9.87. The van der Waals surface area contributed by atoms with E-state index in [2.05, 4.69) is 51.5 Å². The SMILES string of the molecule is CN1CCC(c2ccc(Nc3ncc4cc(-c5nccn5C)c(=O)n(C5CC(=O)c6ccccc6C5)c4n3)cc2)C1. The number of ketones is 1. The first-order valence-electron chi connectivity index (χ1n) is 14.0. The van der Waals surface area contributed by atoms with Gasteiger partial charge in [0.25, 0.3) is 5.56 Å². The molecule has 2 aromatic carbocycles. The molecule has 1 N–H and O–H groups in total. The molecule has 0 spiro atoms. The summed E-state index contributed by atoms with van der Waals surface area (Å²) in [6.45, 7) is 2.20. The first-order chi connectivity index (χ1) is 19.9. The second-order valence-corrected chi connectivity index (χ2v) is 11.2. The lowest BCUT2D eigenvalue weighted by Crippen LogP contribution is -2.33. The van der Waals surface area contributed by atoms with Crippen LogP contribution in [-0.2, 0) is 13.5 Å². The number of carbonyl (C=O) groups excluding carboxylic acids is 1. The number of rotatable bonds is 5. The van der Waals surface area contributed by atoms with E-state index in [0.717, 1.165) is 29.9 Å². The number of carbonyl (C=O) groups is 1. The number of benzene rings is 2. The normalized spacial score (nSPS) is 19.0. The third-order valence-corrected chi connectivity index (χ3v) is 8.42. The second-order valence-electron chi connectivity index (χ2n) is 11.2. The molecule has 4 heterocycles. The molecule has 1 aliphatic carbocycles. The lowest BCUT2D eigenvalue weighted by Gasteiger charge is -2.27. The zero-order valence-electron chi connectivity index (χ0n) is 23.1. The van der Waals surface area contributed by atoms with Crippen molar-refractivity contribution in [1.82, 2.24) is 29.0 Å². The van der Waals surface area contributed by atoms with E-state index in [1.165, 1.54) is 12.0 Å². The number of pyridine rings is 1. The first kappa shape index (κ1) is 25.3. The topological polar surface area (TPSA) is 97.9 Å². The number of nitrogens with zero attached hydrogens (tertiary/aromatic N) is 6. The zero-order valence-corrected chi connectivity index (χ0v) is 23.1. The average Bonchev–Trinajstić information content (AvgIpc) is 3.61. The molecular weight excluding hydrogens is 514 g/mol. The molecule has 2 atom stereocenters. The van der Waals surface area contributed by atoms with Crippen LogP contribution >= 0.6 is 0 Å². The van der Waals surface area contributed by atoms with E-state index in [9.17, 15) is 9.59 Å². The van der Waals surface area contributed by atoms with Gasteiger partial charge < -0.3 is 14.8 Å². The van der Waals surface area contributed by atoms with Crippen LogP contribution in [0.4, 0.5) is 11.6 Å². The fraction of sp³-hybridized carbons (Fsp3) is 0.281. The third-order valence-electron chi connectivity index (χ3n) is 8.42.